The fraction of sp³-hybridized carbons (Fsp3) is 0.400. The number of aryl methyl sites for hydroxylation is 1. The summed E-state index contributed by atoms with van der Waals surface area (Å²) in [6.45, 7) is 16.2. The van der Waals surface area contributed by atoms with Crippen molar-refractivity contribution in [3.63, 3.8) is 0 Å². The van der Waals surface area contributed by atoms with Gasteiger partial charge in [-0.15, -0.1) is 0 Å². The molecule has 9 nitrogen and oxygen atoms in total. The van der Waals surface area contributed by atoms with Crippen molar-refractivity contribution in [2.45, 2.75) is 90.5 Å². The first-order valence-electron chi connectivity index (χ1n) is 19.1. The summed E-state index contributed by atoms with van der Waals surface area (Å²) in [4.78, 5) is 16.9. The number of hydrogen-bond acceptors (Lipinski definition) is 8. The monoisotopic (exact) mass is 762 g/mol. The fourth-order valence-electron chi connectivity index (χ4n) is 7.94. The normalized spacial score (nSPS) is 18.8. The first-order chi connectivity index (χ1) is 26.3. The zero-order valence-corrected chi connectivity index (χ0v) is 34.8. The van der Waals surface area contributed by atoms with Crippen LogP contribution in [-0.4, -0.2) is 53.1 Å². The van der Waals surface area contributed by atoms with Gasteiger partial charge in [-0.25, -0.2) is 0 Å². The Kier molecular flexibility index (Phi) is 10.5. The molecule has 1 amide bonds. The highest BCUT2D eigenvalue weighted by Crippen LogP contribution is 2.57. The van der Waals surface area contributed by atoms with E-state index in [9.17, 15) is 4.79 Å². The molecule has 0 aliphatic carbocycles. The van der Waals surface area contributed by atoms with Crippen molar-refractivity contribution >= 4 is 20.3 Å². The van der Waals surface area contributed by atoms with Crippen LogP contribution in [0.2, 0.25) is 18.1 Å². The van der Waals surface area contributed by atoms with Crippen LogP contribution in [0.25, 0.3) is 6.08 Å². The van der Waals surface area contributed by atoms with Gasteiger partial charge >= 0.3 is 0 Å². The molecule has 3 heterocycles. The number of carbonyl (C=O) groups excluding carboxylic acids is 1. The molecule has 3 atom stereocenters. The summed E-state index contributed by atoms with van der Waals surface area (Å²) in [6, 6.07) is 20.9. The molecule has 55 heavy (non-hydrogen) atoms. The summed E-state index contributed by atoms with van der Waals surface area (Å²) in [7, 11) is 2.60. The maximum Gasteiger partial charge on any atom is 0.250 e. The highest BCUT2D eigenvalue weighted by Gasteiger charge is 2.51. The van der Waals surface area contributed by atoms with Crippen LogP contribution in [0.3, 0.4) is 0 Å². The van der Waals surface area contributed by atoms with Crippen molar-refractivity contribution in [1.82, 2.24) is 10.2 Å². The van der Waals surface area contributed by atoms with Crippen LogP contribution >= 0.6 is 0 Å². The van der Waals surface area contributed by atoms with Gasteiger partial charge in [-0.05, 0) is 66.7 Å². The van der Waals surface area contributed by atoms with Gasteiger partial charge in [-0.3, -0.25) is 10.1 Å². The first-order valence-corrected chi connectivity index (χ1v) is 22.0. The van der Waals surface area contributed by atoms with Gasteiger partial charge in [-0.1, -0.05) is 87.5 Å². The molecule has 10 heteroatoms. The van der Waals surface area contributed by atoms with Crippen molar-refractivity contribution in [2.24, 2.45) is 0 Å². The van der Waals surface area contributed by atoms with Gasteiger partial charge in [0.2, 0.25) is 5.91 Å². The molecule has 0 spiro atoms. The molecule has 3 aliphatic rings. The molecule has 1 fully saturated rings. The average molecular weight is 763 g/mol. The van der Waals surface area contributed by atoms with Crippen molar-refractivity contribution in [1.29, 1.82) is 0 Å². The number of ether oxygens (including phenoxy) is 5. The van der Waals surface area contributed by atoms with Crippen LogP contribution in [-0.2, 0) is 29.2 Å². The number of carbonyl (C=O) groups is 1. The second-order valence-corrected chi connectivity index (χ2v) is 21.0. The molecular weight excluding hydrogens is 709 g/mol. The Hall–Kier alpha value is -4.77. The van der Waals surface area contributed by atoms with E-state index >= 15 is 0 Å². The Morgan fingerprint density at radius 1 is 0.800 bits per heavy atom. The predicted octanol–water partition coefficient (Wildman–Crippen LogP) is 9.00. The minimum atomic E-state index is -2.39. The second kappa shape index (κ2) is 15.0. The molecule has 4 aromatic rings. The van der Waals surface area contributed by atoms with E-state index in [1.54, 1.807) is 21.3 Å². The lowest BCUT2D eigenvalue weighted by molar-refractivity contribution is -0.138. The minimum absolute atomic E-state index is 0.0270. The van der Waals surface area contributed by atoms with Crippen LogP contribution in [0.5, 0.6) is 28.7 Å². The topological polar surface area (TPSA) is 87.7 Å². The van der Waals surface area contributed by atoms with E-state index in [0.29, 0.717) is 42.6 Å². The number of hydrogen-bond donors (Lipinski definition) is 1. The molecule has 0 saturated carbocycles. The average Bonchev–Trinajstić information content (AvgIpc) is 3.16. The third kappa shape index (κ3) is 6.89. The van der Waals surface area contributed by atoms with Crippen LogP contribution in [0, 0.1) is 13.8 Å². The Labute approximate surface area is 326 Å². The number of benzene rings is 4. The number of fused-ring (bicyclic) bond motifs is 7. The largest absolute Gasteiger partial charge is 0.543 e. The Morgan fingerprint density at radius 2 is 1.42 bits per heavy atom. The Morgan fingerprint density at radius 3 is 2.02 bits per heavy atom. The Bertz CT molecular complexity index is 2110. The molecular formula is C45H54N2O7Si. The van der Waals surface area contributed by atoms with Gasteiger partial charge in [0, 0.05) is 28.0 Å². The maximum absolute atomic E-state index is 14.9. The zero-order valence-electron chi connectivity index (χ0n) is 33.8. The van der Waals surface area contributed by atoms with E-state index in [0.717, 1.165) is 56.0 Å². The first kappa shape index (κ1) is 38.5. The van der Waals surface area contributed by atoms with Crippen LogP contribution in [0.1, 0.15) is 77.4 Å². The predicted molar refractivity (Wildman–Crippen MR) is 218 cm³/mol. The van der Waals surface area contributed by atoms with Crippen LogP contribution < -0.4 is 28.7 Å². The SMILES string of the molecule is COc1c(C)cc2c(c1OCc1ccccc1)[C@H]1N[C@@H](C2)C(=O)N2C1=Cc1c(O[Si](C)(C)C(C)(C)C)c(C)c(OC)c(OC)c1[C@H]2COCc1ccccc1. The standard InChI is InChI=1S/C45H54N2O7Si/c1-27-21-31-22-33-44(48)47-34(38(46-33)36(31)43(39(27)49-6)53-25-30-19-15-12-16-20-30)23-32-37(35(47)26-52-24-29-17-13-11-14-18-29)42(51-8)41(50-7)28(2)40(32)54-55(9,10)45(3,4)5/h11-21,23,33,35,38,46H,22,24-26H2,1-10H3/t33-,35+,38-/m0/s1. The van der Waals surface area contributed by atoms with E-state index < -0.39 is 26.4 Å². The molecule has 1 N–H and O–H groups in total. The van der Waals surface area contributed by atoms with E-state index in [-0.39, 0.29) is 17.6 Å². The van der Waals surface area contributed by atoms with Gasteiger partial charge in [0.1, 0.15) is 12.4 Å². The summed E-state index contributed by atoms with van der Waals surface area (Å²) in [5.41, 5.74) is 8.40. The number of piperazine rings is 1. The lowest BCUT2D eigenvalue weighted by Crippen LogP contribution is -2.60. The van der Waals surface area contributed by atoms with Gasteiger partial charge in [-0.2, -0.15) is 0 Å². The third-order valence-corrected chi connectivity index (χ3v) is 16.1. The molecule has 0 aromatic heterocycles. The summed E-state index contributed by atoms with van der Waals surface area (Å²) >= 11 is 0. The van der Waals surface area contributed by atoms with Crippen LogP contribution in [0.15, 0.2) is 72.4 Å². The zero-order chi connectivity index (χ0) is 39.2. The molecule has 290 valence electrons. The minimum Gasteiger partial charge on any atom is -0.543 e. The van der Waals surface area contributed by atoms with Crippen molar-refractivity contribution in [2.75, 3.05) is 27.9 Å². The van der Waals surface area contributed by atoms with Gasteiger partial charge in [0.25, 0.3) is 8.32 Å². The molecule has 3 aliphatic heterocycles. The third-order valence-electron chi connectivity index (χ3n) is 11.7. The molecule has 0 unspecified atom stereocenters. The smallest absolute Gasteiger partial charge is 0.250 e. The summed E-state index contributed by atoms with van der Waals surface area (Å²) in [5, 5.41) is 3.65. The van der Waals surface area contributed by atoms with Crippen molar-refractivity contribution in [3.8, 4) is 28.7 Å². The maximum atomic E-state index is 14.9. The number of amides is 1. The lowest BCUT2D eigenvalue weighted by Gasteiger charge is -2.50. The number of rotatable bonds is 12. The lowest BCUT2D eigenvalue weighted by atomic mass is 9.79. The summed E-state index contributed by atoms with van der Waals surface area (Å²) in [6.07, 6.45) is 2.62. The van der Waals surface area contributed by atoms with E-state index in [1.165, 1.54) is 0 Å². The Balaban J connectivity index is 1.45. The molecule has 4 aromatic carbocycles. The molecule has 2 bridgehead atoms. The van der Waals surface area contributed by atoms with Gasteiger partial charge < -0.3 is 33.0 Å². The van der Waals surface area contributed by atoms with E-state index in [4.69, 9.17) is 28.1 Å². The number of nitrogens with zero attached hydrogens (tertiary/aromatic N) is 1. The quantitative estimate of drug-likeness (QED) is 0.143. The molecule has 7 rings (SSSR count). The highest BCUT2D eigenvalue weighted by atomic mass is 28.4. The van der Waals surface area contributed by atoms with E-state index in [1.807, 2.05) is 67.3 Å². The van der Waals surface area contributed by atoms with Crippen molar-refractivity contribution in [3.05, 3.63) is 117 Å². The molecule has 0 radical (unpaired) electrons. The number of nitrogens with one attached hydrogen (secondary N) is 1. The highest BCUT2D eigenvalue weighted by molar-refractivity contribution is 6.74. The van der Waals surface area contributed by atoms with Crippen molar-refractivity contribution < 1.29 is 32.9 Å². The number of methoxy groups -OCH3 is 3. The van der Waals surface area contributed by atoms with Gasteiger partial charge in [0.05, 0.1) is 52.7 Å². The second-order valence-electron chi connectivity index (χ2n) is 16.3. The van der Waals surface area contributed by atoms with Crippen LogP contribution in [0.4, 0.5) is 0 Å². The summed E-state index contributed by atoms with van der Waals surface area (Å²) < 4.78 is 38.9. The molecule has 1 saturated heterocycles. The summed E-state index contributed by atoms with van der Waals surface area (Å²) in [5.74, 6) is 3.23. The fourth-order valence-corrected chi connectivity index (χ4v) is 9.02. The van der Waals surface area contributed by atoms with Gasteiger partial charge in [0.15, 0.2) is 23.0 Å². The van der Waals surface area contributed by atoms with E-state index in [2.05, 4.69) is 63.5 Å².